The summed E-state index contributed by atoms with van der Waals surface area (Å²) in [5, 5.41) is 9.19. The zero-order chi connectivity index (χ0) is 13.8. The van der Waals surface area contributed by atoms with E-state index in [4.69, 9.17) is 0 Å². The second-order valence-electron chi connectivity index (χ2n) is 4.77. The third-order valence-electron chi connectivity index (χ3n) is 3.55. The van der Waals surface area contributed by atoms with E-state index in [1.807, 2.05) is 7.05 Å². The van der Waals surface area contributed by atoms with Crippen LogP contribution in [0.1, 0.15) is 19.8 Å². The summed E-state index contributed by atoms with van der Waals surface area (Å²) in [4.78, 5) is 26.8. The predicted octanol–water partition coefficient (Wildman–Crippen LogP) is 0.884. The second-order valence-corrected chi connectivity index (χ2v) is 4.77. The van der Waals surface area contributed by atoms with Crippen LogP contribution in [-0.4, -0.2) is 58.1 Å². The lowest BCUT2D eigenvalue weighted by Gasteiger charge is -2.36. The number of aromatic amines is 1. The molecule has 0 bridgehead atoms. The summed E-state index contributed by atoms with van der Waals surface area (Å²) in [5.74, 6) is 0.0706. The van der Waals surface area contributed by atoms with Crippen molar-refractivity contribution in [1.29, 1.82) is 0 Å². The number of urea groups is 1. The van der Waals surface area contributed by atoms with E-state index in [1.165, 1.54) is 0 Å². The number of carbonyl (C=O) groups is 2. The molecule has 1 fully saturated rings. The van der Waals surface area contributed by atoms with Gasteiger partial charge in [0.1, 0.15) is 0 Å². The van der Waals surface area contributed by atoms with Crippen LogP contribution in [0, 0.1) is 0 Å². The van der Waals surface area contributed by atoms with Crippen LogP contribution in [0.2, 0.25) is 0 Å². The fourth-order valence-corrected chi connectivity index (χ4v) is 2.24. The lowest BCUT2D eigenvalue weighted by atomic mass is 10.0. The van der Waals surface area contributed by atoms with E-state index in [1.54, 1.807) is 29.1 Å². The normalized spacial score (nSPS) is 16.2. The highest BCUT2D eigenvalue weighted by Gasteiger charge is 2.26. The number of aromatic nitrogens is 2. The smallest absolute Gasteiger partial charge is 0.321 e. The van der Waals surface area contributed by atoms with Gasteiger partial charge in [0.2, 0.25) is 5.91 Å². The average molecular weight is 265 g/mol. The number of nitrogens with one attached hydrogen (secondary N) is 2. The lowest BCUT2D eigenvalue weighted by molar-refractivity contribution is -0.130. The Morgan fingerprint density at radius 2 is 2.16 bits per heavy atom. The van der Waals surface area contributed by atoms with E-state index in [0.717, 1.165) is 12.8 Å². The van der Waals surface area contributed by atoms with Crippen LogP contribution in [0.3, 0.4) is 0 Å². The van der Waals surface area contributed by atoms with Crippen LogP contribution >= 0.6 is 0 Å². The van der Waals surface area contributed by atoms with Gasteiger partial charge in [0, 0.05) is 39.3 Å². The molecule has 1 aromatic heterocycles. The van der Waals surface area contributed by atoms with Gasteiger partial charge in [0.15, 0.2) is 0 Å². The molecule has 0 unspecified atom stereocenters. The standard InChI is InChI=1S/C12H19N5O2/c1-9(18)16(2)11-3-5-17(6-4-11)12(19)15-10-7-13-14-8-10/h7-8,11H,3-6H2,1-2H3,(H,13,14)(H,15,19). The molecule has 1 aromatic rings. The van der Waals surface area contributed by atoms with Crippen LogP contribution < -0.4 is 5.32 Å². The van der Waals surface area contributed by atoms with Gasteiger partial charge in [-0.05, 0) is 12.8 Å². The van der Waals surface area contributed by atoms with E-state index in [2.05, 4.69) is 15.5 Å². The third-order valence-corrected chi connectivity index (χ3v) is 3.55. The van der Waals surface area contributed by atoms with Crippen molar-refractivity contribution in [3.63, 3.8) is 0 Å². The van der Waals surface area contributed by atoms with Crippen LogP contribution in [0.5, 0.6) is 0 Å². The number of H-pyrrole nitrogens is 1. The van der Waals surface area contributed by atoms with Gasteiger partial charge < -0.3 is 15.1 Å². The summed E-state index contributed by atoms with van der Waals surface area (Å²) >= 11 is 0. The molecule has 1 saturated heterocycles. The van der Waals surface area contributed by atoms with Crippen molar-refractivity contribution >= 4 is 17.6 Å². The van der Waals surface area contributed by atoms with Gasteiger partial charge in [-0.25, -0.2) is 4.79 Å². The SMILES string of the molecule is CC(=O)N(C)C1CCN(C(=O)Nc2cn[nH]c2)CC1. The summed E-state index contributed by atoms with van der Waals surface area (Å²) < 4.78 is 0. The molecule has 7 nitrogen and oxygen atoms in total. The van der Waals surface area contributed by atoms with Crippen molar-refractivity contribution < 1.29 is 9.59 Å². The number of anilines is 1. The lowest BCUT2D eigenvalue weighted by Crippen LogP contribution is -2.47. The first-order valence-corrected chi connectivity index (χ1v) is 6.36. The number of hydrogen-bond acceptors (Lipinski definition) is 3. The zero-order valence-electron chi connectivity index (χ0n) is 11.2. The molecule has 1 aliphatic rings. The van der Waals surface area contributed by atoms with E-state index in [-0.39, 0.29) is 18.0 Å². The molecule has 2 rings (SSSR count). The molecular formula is C12H19N5O2. The highest BCUT2D eigenvalue weighted by Crippen LogP contribution is 2.16. The minimum Gasteiger partial charge on any atom is -0.343 e. The van der Waals surface area contributed by atoms with Crippen molar-refractivity contribution in [2.75, 3.05) is 25.5 Å². The summed E-state index contributed by atoms with van der Waals surface area (Å²) in [6.45, 7) is 2.88. The minimum atomic E-state index is -0.120. The Morgan fingerprint density at radius 1 is 1.47 bits per heavy atom. The van der Waals surface area contributed by atoms with Crippen molar-refractivity contribution in [3.05, 3.63) is 12.4 Å². The summed E-state index contributed by atoms with van der Waals surface area (Å²) in [6.07, 6.45) is 4.83. The van der Waals surface area contributed by atoms with Crippen molar-refractivity contribution in [2.45, 2.75) is 25.8 Å². The molecule has 0 aromatic carbocycles. The number of hydrogen-bond donors (Lipinski definition) is 2. The van der Waals surface area contributed by atoms with E-state index < -0.39 is 0 Å². The average Bonchev–Trinajstić information content (AvgIpc) is 2.90. The summed E-state index contributed by atoms with van der Waals surface area (Å²) in [7, 11) is 1.81. The maximum atomic E-state index is 12.0. The van der Waals surface area contributed by atoms with Crippen LogP contribution in [0.4, 0.5) is 10.5 Å². The van der Waals surface area contributed by atoms with Gasteiger partial charge in [0.25, 0.3) is 0 Å². The van der Waals surface area contributed by atoms with Crippen molar-refractivity contribution in [1.82, 2.24) is 20.0 Å². The molecule has 0 atom stereocenters. The molecule has 3 amide bonds. The van der Waals surface area contributed by atoms with Crippen LogP contribution in [-0.2, 0) is 4.79 Å². The monoisotopic (exact) mass is 265 g/mol. The van der Waals surface area contributed by atoms with Gasteiger partial charge >= 0.3 is 6.03 Å². The number of nitrogens with zero attached hydrogens (tertiary/aromatic N) is 3. The largest absolute Gasteiger partial charge is 0.343 e. The van der Waals surface area contributed by atoms with E-state index in [9.17, 15) is 9.59 Å². The number of rotatable bonds is 2. The van der Waals surface area contributed by atoms with Gasteiger partial charge in [-0.3, -0.25) is 9.89 Å². The number of amides is 3. The molecule has 0 spiro atoms. The first-order valence-electron chi connectivity index (χ1n) is 6.36. The molecule has 0 radical (unpaired) electrons. The molecule has 19 heavy (non-hydrogen) atoms. The van der Waals surface area contributed by atoms with Gasteiger partial charge in [0.05, 0.1) is 11.9 Å². The zero-order valence-corrected chi connectivity index (χ0v) is 11.2. The first-order chi connectivity index (χ1) is 9.08. The quantitative estimate of drug-likeness (QED) is 0.833. The summed E-state index contributed by atoms with van der Waals surface area (Å²) in [5.41, 5.74) is 0.660. The Morgan fingerprint density at radius 3 is 2.68 bits per heavy atom. The number of likely N-dealkylation sites (tertiary alicyclic amines) is 1. The molecular weight excluding hydrogens is 246 g/mol. The molecule has 104 valence electrons. The molecule has 1 aliphatic heterocycles. The second kappa shape index (κ2) is 5.73. The predicted molar refractivity (Wildman–Crippen MR) is 70.6 cm³/mol. The van der Waals surface area contributed by atoms with E-state index >= 15 is 0 Å². The van der Waals surface area contributed by atoms with Crippen molar-refractivity contribution in [3.8, 4) is 0 Å². The molecule has 0 saturated carbocycles. The molecule has 0 aliphatic carbocycles. The Balaban J connectivity index is 1.83. The fraction of sp³-hybridized carbons (Fsp3) is 0.583. The highest BCUT2D eigenvalue weighted by atomic mass is 16.2. The number of carbonyl (C=O) groups excluding carboxylic acids is 2. The van der Waals surface area contributed by atoms with Crippen molar-refractivity contribution in [2.24, 2.45) is 0 Å². The Labute approximate surface area is 111 Å². The number of piperidine rings is 1. The van der Waals surface area contributed by atoms with E-state index in [0.29, 0.717) is 18.8 Å². The molecule has 7 heteroatoms. The third kappa shape index (κ3) is 3.24. The molecule has 2 heterocycles. The Kier molecular flexibility index (Phi) is 4.03. The highest BCUT2D eigenvalue weighted by molar-refractivity contribution is 5.89. The minimum absolute atomic E-state index is 0.0706. The van der Waals surface area contributed by atoms with Gasteiger partial charge in [-0.1, -0.05) is 0 Å². The molecule has 2 N–H and O–H groups in total. The maximum Gasteiger partial charge on any atom is 0.321 e. The Hall–Kier alpha value is -2.05. The first kappa shape index (κ1) is 13.4. The fourth-order valence-electron chi connectivity index (χ4n) is 2.24. The Bertz CT molecular complexity index is 437. The topological polar surface area (TPSA) is 81.3 Å². The van der Waals surface area contributed by atoms with Gasteiger partial charge in [-0.2, -0.15) is 5.10 Å². The maximum absolute atomic E-state index is 12.0. The summed E-state index contributed by atoms with van der Waals surface area (Å²) in [6, 6.07) is 0.112. The van der Waals surface area contributed by atoms with Crippen LogP contribution in [0.25, 0.3) is 0 Å². The van der Waals surface area contributed by atoms with Crippen LogP contribution in [0.15, 0.2) is 12.4 Å². The van der Waals surface area contributed by atoms with Gasteiger partial charge in [-0.15, -0.1) is 0 Å².